The highest BCUT2D eigenvalue weighted by molar-refractivity contribution is 5.85. The largest absolute Gasteiger partial charge is 0.494 e. The molecular weight excluding hydrogens is 421 g/mol. The van der Waals surface area contributed by atoms with Crippen LogP contribution in [0.3, 0.4) is 0 Å². The van der Waals surface area contributed by atoms with Crippen molar-refractivity contribution in [3.05, 3.63) is 59.7 Å². The minimum absolute atomic E-state index is 0. The number of ether oxygens (including phenoxy) is 2. The summed E-state index contributed by atoms with van der Waals surface area (Å²) in [7, 11) is 7.08. The summed E-state index contributed by atoms with van der Waals surface area (Å²) in [5, 5.41) is 0. The second-order valence-electron chi connectivity index (χ2n) is 6.97. The van der Waals surface area contributed by atoms with Gasteiger partial charge in [-0.1, -0.05) is 12.1 Å². The Bertz CT molecular complexity index is 795. The molecule has 0 bridgehead atoms. The van der Waals surface area contributed by atoms with Crippen molar-refractivity contribution in [2.24, 2.45) is 0 Å². The van der Waals surface area contributed by atoms with Gasteiger partial charge in [0.2, 0.25) is 0 Å². The topological polar surface area (TPSA) is 42.0 Å². The van der Waals surface area contributed by atoms with Crippen LogP contribution in [-0.2, 0) is 6.18 Å². The molecule has 2 aromatic rings. The van der Waals surface area contributed by atoms with E-state index in [-0.39, 0.29) is 18.4 Å². The lowest BCUT2D eigenvalue weighted by Crippen LogP contribution is -2.25. The standard InChI is InChI=1S/C21H25F3N2O3.ClH/c1-25(2)19(15-5-9-18(10-6-15)29-20(27)26(3)4)13-14-28-17-11-7-16(8-12-17)21(22,23)24;/h5-12,19H,13-14H2,1-4H3;1H. The van der Waals surface area contributed by atoms with Crippen molar-refractivity contribution in [3.63, 3.8) is 0 Å². The van der Waals surface area contributed by atoms with E-state index in [1.54, 1.807) is 26.2 Å². The monoisotopic (exact) mass is 446 g/mol. The molecule has 0 heterocycles. The first-order valence-electron chi connectivity index (χ1n) is 9.03. The van der Waals surface area contributed by atoms with E-state index in [4.69, 9.17) is 9.47 Å². The third-order valence-electron chi connectivity index (χ3n) is 4.30. The maximum atomic E-state index is 12.6. The van der Waals surface area contributed by atoms with Crippen molar-refractivity contribution in [2.45, 2.75) is 18.6 Å². The zero-order valence-corrected chi connectivity index (χ0v) is 18.1. The molecular formula is C21H26ClF3N2O3. The molecule has 1 atom stereocenters. The van der Waals surface area contributed by atoms with Crippen LogP contribution in [0.1, 0.15) is 23.6 Å². The van der Waals surface area contributed by atoms with E-state index in [1.807, 2.05) is 31.1 Å². The van der Waals surface area contributed by atoms with Gasteiger partial charge in [-0.25, -0.2) is 4.79 Å². The highest BCUT2D eigenvalue weighted by Crippen LogP contribution is 2.30. The number of halogens is 4. The van der Waals surface area contributed by atoms with Crippen molar-refractivity contribution in [1.82, 2.24) is 9.80 Å². The number of nitrogens with zero attached hydrogens (tertiary/aromatic N) is 2. The number of alkyl halides is 3. The Hall–Kier alpha value is -2.45. The van der Waals surface area contributed by atoms with Crippen LogP contribution in [0.5, 0.6) is 11.5 Å². The first kappa shape index (κ1) is 25.6. The third kappa shape index (κ3) is 7.42. The predicted molar refractivity (Wildman–Crippen MR) is 111 cm³/mol. The normalized spacial score (nSPS) is 12.1. The molecule has 2 rings (SSSR count). The van der Waals surface area contributed by atoms with Gasteiger partial charge in [0.25, 0.3) is 0 Å². The number of amides is 1. The van der Waals surface area contributed by atoms with Gasteiger partial charge in [0, 0.05) is 26.6 Å². The van der Waals surface area contributed by atoms with E-state index >= 15 is 0 Å². The quantitative estimate of drug-likeness (QED) is 0.582. The molecule has 2 aromatic carbocycles. The zero-order chi connectivity index (χ0) is 21.6. The molecule has 0 aliphatic carbocycles. The molecule has 0 radical (unpaired) electrons. The smallest absolute Gasteiger partial charge is 0.416 e. The maximum absolute atomic E-state index is 12.6. The van der Waals surface area contributed by atoms with Crippen LogP contribution in [0.25, 0.3) is 0 Å². The molecule has 30 heavy (non-hydrogen) atoms. The molecule has 9 heteroatoms. The molecule has 0 saturated carbocycles. The molecule has 0 spiro atoms. The number of benzene rings is 2. The Kier molecular flexibility index (Phi) is 9.45. The van der Waals surface area contributed by atoms with E-state index in [1.165, 1.54) is 17.0 Å². The predicted octanol–water partition coefficient (Wildman–Crippen LogP) is 5.26. The molecule has 0 fully saturated rings. The summed E-state index contributed by atoms with van der Waals surface area (Å²) in [4.78, 5) is 15.0. The SMILES string of the molecule is CN(C)C(=O)Oc1ccc(C(CCOc2ccc(C(F)(F)F)cc2)N(C)C)cc1.Cl. The molecule has 0 aromatic heterocycles. The van der Waals surface area contributed by atoms with E-state index in [9.17, 15) is 18.0 Å². The van der Waals surface area contributed by atoms with Gasteiger partial charge in [0.05, 0.1) is 12.2 Å². The highest BCUT2D eigenvalue weighted by atomic mass is 35.5. The van der Waals surface area contributed by atoms with Crippen LogP contribution in [0.4, 0.5) is 18.0 Å². The minimum atomic E-state index is -4.36. The summed E-state index contributed by atoms with van der Waals surface area (Å²) in [5.41, 5.74) is 0.307. The fourth-order valence-electron chi connectivity index (χ4n) is 2.70. The lowest BCUT2D eigenvalue weighted by molar-refractivity contribution is -0.137. The summed E-state index contributed by atoms with van der Waals surface area (Å²) in [6, 6.07) is 11.9. The van der Waals surface area contributed by atoms with E-state index in [2.05, 4.69) is 0 Å². The molecule has 166 valence electrons. The Labute approximate surface area is 180 Å². The third-order valence-corrected chi connectivity index (χ3v) is 4.30. The van der Waals surface area contributed by atoms with E-state index in [0.29, 0.717) is 24.5 Å². The van der Waals surface area contributed by atoms with Gasteiger partial charge in [0.1, 0.15) is 11.5 Å². The second kappa shape index (κ2) is 11.1. The lowest BCUT2D eigenvalue weighted by Gasteiger charge is -2.25. The average Bonchev–Trinajstić information content (AvgIpc) is 2.65. The van der Waals surface area contributed by atoms with E-state index < -0.39 is 17.8 Å². The summed E-state index contributed by atoms with van der Waals surface area (Å²) in [6.07, 6.45) is -4.18. The van der Waals surface area contributed by atoms with Crippen molar-refractivity contribution in [2.75, 3.05) is 34.8 Å². The lowest BCUT2D eigenvalue weighted by atomic mass is 10.0. The number of hydrogen-bond acceptors (Lipinski definition) is 4. The van der Waals surface area contributed by atoms with Crippen LogP contribution >= 0.6 is 12.4 Å². The fourth-order valence-corrected chi connectivity index (χ4v) is 2.70. The number of hydrogen-bond donors (Lipinski definition) is 0. The van der Waals surface area contributed by atoms with E-state index in [0.717, 1.165) is 17.7 Å². The Morgan fingerprint density at radius 2 is 1.47 bits per heavy atom. The van der Waals surface area contributed by atoms with Crippen molar-refractivity contribution < 1.29 is 27.4 Å². The average molecular weight is 447 g/mol. The summed E-state index contributed by atoms with van der Waals surface area (Å²) < 4.78 is 48.7. The number of carbonyl (C=O) groups excluding carboxylic acids is 1. The van der Waals surface area contributed by atoms with Crippen LogP contribution in [0, 0.1) is 0 Å². The Morgan fingerprint density at radius 1 is 0.933 bits per heavy atom. The molecule has 0 N–H and O–H groups in total. The molecule has 5 nitrogen and oxygen atoms in total. The summed E-state index contributed by atoms with van der Waals surface area (Å²) >= 11 is 0. The van der Waals surface area contributed by atoms with Gasteiger partial charge >= 0.3 is 12.3 Å². The first-order chi connectivity index (χ1) is 13.6. The number of rotatable bonds is 7. The molecule has 0 saturated heterocycles. The van der Waals surface area contributed by atoms with Gasteiger partial charge in [-0.05, 0) is 56.1 Å². The van der Waals surface area contributed by atoms with Gasteiger partial charge in [-0.15, -0.1) is 12.4 Å². The first-order valence-corrected chi connectivity index (χ1v) is 9.03. The van der Waals surface area contributed by atoms with Gasteiger partial charge in [-0.2, -0.15) is 13.2 Å². The Morgan fingerprint density at radius 3 is 1.93 bits per heavy atom. The van der Waals surface area contributed by atoms with Gasteiger partial charge in [-0.3, -0.25) is 0 Å². The Balaban J connectivity index is 0.00000450. The second-order valence-corrected chi connectivity index (χ2v) is 6.97. The zero-order valence-electron chi connectivity index (χ0n) is 17.3. The highest BCUT2D eigenvalue weighted by Gasteiger charge is 2.30. The number of carbonyl (C=O) groups is 1. The van der Waals surface area contributed by atoms with Crippen LogP contribution in [0.15, 0.2) is 48.5 Å². The fraction of sp³-hybridized carbons (Fsp3) is 0.381. The van der Waals surface area contributed by atoms with Crippen molar-refractivity contribution in [3.8, 4) is 11.5 Å². The van der Waals surface area contributed by atoms with Gasteiger partial charge < -0.3 is 19.3 Å². The minimum Gasteiger partial charge on any atom is -0.494 e. The molecule has 1 amide bonds. The van der Waals surface area contributed by atoms with Crippen molar-refractivity contribution in [1.29, 1.82) is 0 Å². The summed E-state index contributed by atoms with van der Waals surface area (Å²) in [5.74, 6) is 0.840. The maximum Gasteiger partial charge on any atom is 0.416 e. The van der Waals surface area contributed by atoms with Crippen LogP contribution < -0.4 is 9.47 Å². The van der Waals surface area contributed by atoms with Crippen molar-refractivity contribution >= 4 is 18.5 Å². The van der Waals surface area contributed by atoms with Crippen LogP contribution in [0.2, 0.25) is 0 Å². The molecule has 0 aliphatic rings. The molecule has 1 unspecified atom stereocenters. The summed E-state index contributed by atoms with van der Waals surface area (Å²) in [6.45, 7) is 0.339. The van der Waals surface area contributed by atoms with Gasteiger partial charge in [0.15, 0.2) is 0 Å². The van der Waals surface area contributed by atoms with Crippen LogP contribution in [-0.4, -0.2) is 50.7 Å². The molecule has 0 aliphatic heterocycles.